The van der Waals surface area contributed by atoms with Gasteiger partial charge in [-0.05, 0) is 43.4 Å². The Morgan fingerprint density at radius 3 is 2.61 bits per heavy atom. The van der Waals surface area contributed by atoms with Gasteiger partial charge in [0.15, 0.2) is 0 Å². The number of rotatable bonds is 7. The Balaban J connectivity index is 1.65. The SMILES string of the molecule is Cc1ccc(C(=O)Nc2cnn(CC(=O)NCCN(C)C)c2)c2ccccc12. The van der Waals surface area contributed by atoms with Crippen LogP contribution < -0.4 is 10.6 Å². The molecule has 2 N–H and O–H groups in total. The van der Waals surface area contributed by atoms with Gasteiger partial charge in [0.05, 0.1) is 11.9 Å². The maximum absolute atomic E-state index is 12.7. The monoisotopic (exact) mass is 379 g/mol. The van der Waals surface area contributed by atoms with Crippen LogP contribution in [-0.4, -0.2) is 53.7 Å². The first-order valence-corrected chi connectivity index (χ1v) is 9.17. The number of benzene rings is 2. The zero-order valence-corrected chi connectivity index (χ0v) is 16.4. The molecule has 0 aliphatic rings. The van der Waals surface area contributed by atoms with Crippen molar-refractivity contribution < 1.29 is 9.59 Å². The molecule has 7 heteroatoms. The first-order valence-electron chi connectivity index (χ1n) is 9.17. The van der Waals surface area contributed by atoms with Gasteiger partial charge in [-0.15, -0.1) is 0 Å². The van der Waals surface area contributed by atoms with E-state index in [0.717, 1.165) is 22.9 Å². The highest BCUT2D eigenvalue weighted by Crippen LogP contribution is 2.23. The lowest BCUT2D eigenvalue weighted by Crippen LogP contribution is -2.33. The zero-order valence-electron chi connectivity index (χ0n) is 16.4. The molecule has 0 unspecified atom stereocenters. The van der Waals surface area contributed by atoms with Crippen molar-refractivity contribution in [2.45, 2.75) is 13.5 Å². The number of aryl methyl sites for hydroxylation is 1. The van der Waals surface area contributed by atoms with Crippen molar-refractivity contribution in [1.29, 1.82) is 0 Å². The third-order valence-electron chi connectivity index (χ3n) is 4.46. The Labute approximate surface area is 164 Å². The van der Waals surface area contributed by atoms with E-state index in [1.165, 1.54) is 4.68 Å². The molecule has 146 valence electrons. The third-order valence-corrected chi connectivity index (χ3v) is 4.46. The van der Waals surface area contributed by atoms with Crippen LogP contribution in [-0.2, 0) is 11.3 Å². The number of nitrogens with zero attached hydrogens (tertiary/aromatic N) is 3. The normalized spacial score (nSPS) is 11.0. The second-order valence-corrected chi connectivity index (χ2v) is 7.01. The molecule has 1 aromatic heterocycles. The van der Waals surface area contributed by atoms with E-state index in [9.17, 15) is 9.59 Å². The fourth-order valence-corrected chi connectivity index (χ4v) is 2.98. The quantitative estimate of drug-likeness (QED) is 0.660. The number of carbonyl (C=O) groups is 2. The molecule has 0 aliphatic carbocycles. The number of fused-ring (bicyclic) bond motifs is 1. The number of hydrogen-bond acceptors (Lipinski definition) is 4. The fourth-order valence-electron chi connectivity index (χ4n) is 2.98. The second-order valence-electron chi connectivity index (χ2n) is 7.01. The topological polar surface area (TPSA) is 79.3 Å². The summed E-state index contributed by atoms with van der Waals surface area (Å²) in [7, 11) is 3.90. The van der Waals surface area contributed by atoms with E-state index in [0.29, 0.717) is 17.8 Å². The predicted octanol–water partition coefficient (Wildman–Crippen LogP) is 2.27. The van der Waals surface area contributed by atoms with Crippen LogP contribution in [0.15, 0.2) is 48.8 Å². The lowest BCUT2D eigenvalue weighted by atomic mass is 10.00. The zero-order chi connectivity index (χ0) is 20.1. The van der Waals surface area contributed by atoms with Gasteiger partial charge in [-0.3, -0.25) is 14.3 Å². The van der Waals surface area contributed by atoms with Crippen molar-refractivity contribution in [3.63, 3.8) is 0 Å². The molecule has 3 rings (SSSR count). The van der Waals surface area contributed by atoms with Crippen LogP contribution in [0, 0.1) is 6.92 Å². The largest absolute Gasteiger partial charge is 0.353 e. The Morgan fingerprint density at radius 1 is 1.11 bits per heavy atom. The molecule has 2 amide bonds. The number of nitrogens with one attached hydrogen (secondary N) is 2. The second kappa shape index (κ2) is 8.67. The van der Waals surface area contributed by atoms with Gasteiger partial charge in [-0.2, -0.15) is 5.10 Å². The molecular weight excluding hydrogens is 354 g/mol. The van der Waals surface area contributed by atoms with Crippen molar-refractivity contribution in [3.8, 4) is 0 Å². The van der Waals surface area contributed by atoms with Crippen molar-refractivity contribution in [1.82, 2.24) is 20.0 Å². The molecule has 0 bridgehead atoms. The lowest BCUT2D eigenvalue weighted by Gasteiger charge is -2.10. The molecule has 0 fully saturated rings. The van der Waals surface area contributed by atoms with Crippen LogP contribution in [0.1, 0.15) is 15.9 Å². The first kappa shape index (κ1) is 19.6. The summed E-state index contributed by atoms with van der Waals surface area (Å²) in [5.41, 5.74) is 2.28. The van der Waals surface area contributed by atoms with Gasteiger partial charge >= 0.3 is 0 Å². The molecule has 7 nitrogen and oxygen atoms in total. The van der Waals surface area contributed by atoms with Crippen molar-refractivity contribution >= 4 is 28.3 Å². The van der Waals surface area contributed by atoms with E-state index < -0.39 is 0 Å². The minimum atomic E-state index is -0.203. The average Bonchev–Trinajstić information content (AvgIpc) is 3.08. The van der Waals surface area contributed by atoms with Gasteiger partial charge < -0.3 is 15.5 Å². The average molecular weight is 379 g/mol. The molecule has 1 heterocycles. The number of hydrogen-bond donors (Lipinski definition) is 2. The highest BCUT2D eigenvalue weighted by molar-refractivity contribution is 6.13. The standard InChI is InChI=1S/C21H25N5O2/c1-15-8-9-19(18-7-5-4-6-17(15)18)21(28)24-16-12-23-26(13-16)14-20(27)22-10-11-25(2)3/h4-9,12-13H,10-11,14H2,1-3H3,(H,22,27)(H,24,28). The van der Waals surface area contributed by atoms with Gasteiger partial charge in [-0.25, -0.2) is 0 Å². The van der Waals surface area contributed by atoms with Gasteiger partial charge in [0, 0.05) is 24.8 Å². The molecule has 0 spiro atoms. The number of likely N-dealkylation sites (N-methyl/N-ethyl adjacent to an activating group) is 1. The van der Waals surface area contributed by atoms with E-state index in [1.807, 2.05) is 62.3 Å². The first-order chi connectivity index (χ1) is 13.4. The molecule has 0 radical (unpaired) electrons. The van der Waals surface area contributed by atoms with Gasteiger partial charge in [0.1, 0.15) is 6.54 Å². The fraction of sp³-hybridized carbons (Fsp3) is 0.286. The van der Waals surface area contributed by atoms with E-state index in [1.54, 1.807) is 12.4 Å². The van der Waals surface area contributed by atoms with Crippen LogP contribution in [0.25, 0.3) is 10.8 Å². The van der Waals surface area contributed by atoms with Crippen LogP contribution >= 0.6 is 0 Å². The van der Waals surface area contributed by atoms with Crippen molar-refractivity contribution in [3.05, 3.63) is 59.9 Å². The van der Waals surface area contributed by atoms with Crippen molar-refractivity contribution in [2.75, 3.05) is 32.5 Å². The van der Waals surface area contributed by atoms with E-state index in [2.05, 4.69) is 15.7 Å². The highest BCUT2D eigenvalue weighted by atomic mass is 16.2. The van der Waals surface area contributed by atoms with E-state index >= 15 is 0 Å². The van der Waals surface area contributed by atoms with E-state index in [-0.39, 0.29) is 18.4 Å². The number of aromatic nitrogens is 2. The number of carbonyl (C=O) groups excluding carboxylic acids is 2. The summed E-state index contributed by atoms with van der Waals surface area (Å²) >= 11 is 0. The third kappa shape index (κ3) is 4.75. The van der Waals surface area contributed by atoms with Gasteiger partial charge in [0.2, 0.25) is 5.91 Å². The Bertz CT molecular complexity index is 993. The molecule has 0 saturated carbocycles. The molecule has 0 aliphatic heterocycles. The van der Waals surface area contributed by atoms with Crippen LogP contribution in [0.4, 0.5) is 5.69 Å². The molecule has 28 heavy (non-hydrogen) atoms. The Kier molecular flexibility index (Phi) is 6.06. The Morgan fingerprint density at radius 2 is 1.86 bits per heavy atom. The summed E-state index contributed by atoms with van der Waals surface area (Å²) in [6, 6.07) is 11.6. The number of anilines is 1. The minimum Gasteiger partial charge on any atom is -0.353 e. The molecule has 3 aromatic rings. The minimum absolute atomic E-state index is 0.108. The Hall–Kier alpha value is -3.19. The smallest absolute Gasteiger partial charge is 0.256 e. The highest BCUT2D eigenvalue weighted by Gasteiger charge is 2.13. The van der Waals surface area contributed by atoms with Gasteiger partial charge in [0.25, 0.3) is 5.91 Å². The number of amides is 2. The summed E-state index contributed by atoms with van der Waals surface area (Å²) in [6.45, 7) is 3.49. The maximum Gasteiger partial charge on any atom is 0.256 e. The van der Waals surface area contributed by atoms with Crippen LogP contribution in [0.2, 0.25) is 0 Å². The summed E-state index contributed by atoms with van der Waals surface area (Å²) in [4.78, 5) is 26.7. The van der Waals surface area contributed by atoms with E-state index in [4.69, 9.17) is 0 Å². The summed E-state index contributed by atoms with van der Waals surface area (Å²) < 4.78 is 1.51. The molecule has 0 saturated heterocycles. The molecule has 0 atom stereocenters. The maximum atomic E-state index is 12.7. The van der Waals surface area contributed by atoms with Gasteiger partial charge in [-0.1, -0.05) is 30.3 Å². The lowest BCUT2D eigenvalue weighted by molar-refractivity contribution is -0.121. The van der Waals surface area contributed by atoms with Crippen LogP contribution in [0.5, 0.6) is 0 Å². The summed E-state index contributed by atoms with van der Waals surface area (Å²) in [5.74, 6) is -0.321. The predicted molar refractivity (Wildman–Crippen MR) is 110 cm³/mol. The van der Waals surface area contributed by atoms with Crippen molar-refractivity contribution in [2.24, 2.45) is 0 Å². The molecule has 2 aromatic carbocycles. The summed E-state index contributed by atoms with van der Waals surface area (Å²) in [6.07, 6.45) is 3.20. The molecular formula is C21H25N5O2. The van der Waals surface area contributed by atoms with Crippen LogP contribution in [0.3, 0.4) is 0 Å². The summed E-state index contributed by atoms with van der Waals surface area (Å²) in [5, 5.41) is 11.8.